The van der Waals surface area contributed by atoms with Crippen molar-refractivity contribution in [2.24, 2.45) is 0 Å². The summed E-state index contributed by atoms with van der Waals surface area (Å²) < 4.78 is 0. The number of nitrogens with one attached hydrogen (secondary N) is 1. The Morgan fingerprint density at radius 3 is 3.07 bits per heavy atom. The number of hydrogen-bond acceptors (Lipinski definition) is 4. The van der Waals surface area contributed by atoms with Crippen LogP contribution in [0.2, 0.25) is 0 Å². The summed E-state index contributed by atoms with van der Waals surface area (Å²) in [7, 11) is 0. The molecule has 2 aromatic rings. The minimum atomic E-state index is 0.760. The Hall–Kier alpha value is -1.10. The molecule has 0 bridgehead atoms. The minimum Gasteiger partial charge on any atom is -0.341 e. The lowest BCUT2D eigenvalue weighted by Crippen LogP contribution is -1.92. The first-order valence-electron chi connectivity index (χ1n) is 4.61. The first kappa shape index (κ1) is 9.45. The van der Waals surface area contributed by atoms with Gasteiger partial charge in [-0.3, -0.25) is 0 Å². The lowest BCUT2D eigenvalue weighted by atomic mass is 10.5. The van der Waals surface area contributed by atoms with Gasteiger partial charge in [-0.05, 0) is 19.1 Å². The van der Waals surface area contributed by atoms with Crippen LogP contribution in [0.5, 0.6) is 0 Å². The lowest BCUT2D eigenvalue weighted by molar-refractivity contribution is 0.995. The van der Waals surface area contributed by atoms with E-state index >= 15 is 0 Å². The van der Waals surface area contributed by atoms with Crippen molar-refractivity contribution in [2.75, 3.05) is 5.75 Å². The van der Waals surface area contributed by atoms with Crippen molar-refractivity contribution < 1.29 is 0 Å². The van der Waals surface area contributed by atoms with E-state index in [9.17, 15) is 0 Å². The molecule has 0 aliphatic carbocycles. The Bertz CT molecular complexity index is 437. The largest absolute Gasteiger partial charge is 0.341 e. The fourth-order valence-electron chi connectivity index (χ4n) is 1.21. The van der Waals surface area contributed by atoms with Crippen LogP contribution in [0.3, 0.4) is 0 Å². The summed E-state index contributed by atoms with van der Waals surface area (Å²) >= 11 is 1.75. The van der Waals surface area contributed by atoms with Crippen LogP contribution in [-0.2, 0) is 0 Å². The second-order valence-electron chi connectivity index (χ2n) is 3.03. The number of fused-ring (bicyclic) bond motifs is 1. The minimum absolute atomic E-state index is 0.760. The maximum atomic E-state index is 4.39. The van der Waals surface area contributed by atoms with Crippen molar-refractivity contribution in [3.05, 3.63) is 12.2 Å². The maximum Gasteiger partial charge on any atom is 0.181 e. The van der Waals surface area contributed by atoms with Gasteiger partial charge in [0.15, 0.2) is 5.65 Å². The Kier molecular flexibility index (Phi) is 2.67. The molecule has 2 heterocycles. The summed E-state index contributed by atoms with van der Waals surface area (Å²) in [5.74, 6) is 1.85. The molecule has 0 atom stereocenters. The van der Waals surface area contributed by atoms with Crippen LogP contribution in [0.4, 0.5) is 0 Å². The molecule has 0 saturated carbocycles. The number of hydrogen-bond donors (Lipinski definition) is 1. The number of imidazole rings is 1. The molecule has 0 radical (unpaired) electrons. The number of rotatable bonds is 3. The van der Waals surface area contributed by atoms with Gasteiger partial charge in [-0.2, -0.15) is 0 Å². The summed E-state index contributed by atoms with van der Waals surface area (Å²) in [6.07, 6.45) is 2.80. The van der Waals surface area contributed by atoms with E-state index in [0.717, 1.165) is 34.2 Å². The van der Waals surface area contributed by atoms with Crippen LogP contribution in [-0.4, -0.2) is 25.7 Å². The number of H-pyrrole nitrogens is 1. The van der Waals surface area contributed by atoms with Crippen LogP contribution in [0, 0.1) is 6.92 Å². The predicted octanol–water partition coefficient (Wildman–Crippen LogP) is 2.16. The maximum absolute atomic E-state index is 4.39. The smallest absolute Gasteiger partial charge is 0.181 e. The van der Waals surface area contributed by atoms with Crippen molar-refractivity contribution in [2.45, 2.75) is 25.3 Å². The van der Waals surface area contributed by atoms with E-state index < -0.39 is 0 Å². The monoisotopic (exact) mass is 208 g/mol. The second-order valence-corrected chi connectivity index (χ2v) is 4.11. The molecule has 1 N–H and O–H groups in total. The van der Waals surface area contributed by atoms with Gasteiger partial charge in [-0.1, -0.05) is 6.92 Å². The van der Waals surface area contributed by atoms with Crippen LogP contribution < -0.4 is 0 Å². The fraction of sp³-hybridized carbons (Fsp3) is 0.444. The van der Waals surface area contributed by atoms with Crippen molar-refractivity contribution in [1.82, 2.24) is 19.9 Å². The van der Waals surface area contributed by atoms with Gasteiger partial charge in [0.25, 0.3) is 0 Å². The number of aromatic nitrogens is 4. The molecule has 0 amide bonds. The van der Waals surface area contributed by atoms with Crippen LogP contribution in [0.25, 0.3) is 11.2 Å². The molecule has 0 spiro atoms. The molecule has 0 saturated heterocycles. The van der Waals surface area contributed by atoms with Crippen LogP contribution in [0.15, 0.2) is 11.4 Å². The van der Waals surface area contributed by atoms with Crippen molar-refractivity contribution in [3.63, 3.8) is 0 Å². The van der Waals surface area contributed by atoms with Gasteiger partial charge in [0.05, 0.1) is 6.33 Å². The Morgan fingerprint density at radius 2 is 2.29 bits per heavy atom. The molecular weight excluding hydrogens is 196 g/mol. The summed E-state index contributed by atoms with van der Waals surface area (Å²) in [6, 6.07) is 0. The van der Waals surface area contributed by atoms with E-state index in [1.165, 1.54) is 0 Å². The SMILES string of the molecule is CCCSc1nc(C)nc2nc[nH]c12. The number of aromatic amines is 1. The lowest BCUT2D eigenvalue weighted by Gasteiger charge is -2.00. The summed E-state index contributed by atoms with van der Waals surface area (Å²) in [5, 5.41) is 1.01. The highest BCUT2D eigenvalue weighted by Gasteiger charge is 2.07. The first-order valence-corrected chi connectivity index (χ1v) is 5.60. The molecule has 14 heavy (non-hydrogen) atoms. The average molecular weight is 208 g/mol. The fourth-order valence-corrected chi connectivity index (χ4v) is 2.10. The first-order chi connectivity index (χ1) is 6.81. The molecule has 0 fully saturated rings. The third-order valence-electron chi connectivity index (χ3n) is 1.81. The van der Waals surface area contributed by atoms with Gasteiger partial charge < -0.3 is 4.98 Å². The second kappa shape index (κ2) is 3.96. The standard InChI is InChI=1S/C9H12N4S/c1-3-4-14-9-7-8(11-5-10-7)12-6(2)13-9/h5H,3-4H2,1-2H3,(H,10,11,12,13). The Labute approximate surface area is 86.6 Å². The van der Waals surface area contributed by atoms with Crippen LogP contribution >= 0.6 is 11.8 Å². The highest BCUT2D eigenvalue weighted by atomic mass is 32.2. The molecule has 4 nitrogen and oxygen atoms in total. The quantitative estimate of drug-likeness (QED) is 0.620. The van der Waals surface area contributed by atoms with Crippen molar-refractivity contribution >= 4 is 22.9 Å². The third-order valence-corrected chi connectivity index (χ3v) is 2.99. The number of aryl methyl sites for hydroxylation is 1. The molecule has 74 valence electrons. The normalized spacial score (nSPS) is 11.0. The van der Waals surface area contributed by atoms with E-state index in [1.807, 2.05) is 6.92 Å². The Morgan fingerprint density at radius 1 is 1.43 bits per heavy atom. The van der Waals surface area contributed by atoms with Crippen molar-refractivity contribution in [3.8, 4) is 0 Å². The van der Waals surface area contributed by atoms with Gasteiger partial charge in [0.1, 0.15) is 16.4 Å². The van der Waals surface area contributed by atoms with Gasteiger partial charge in [-0.15, -0.1) is 11.8 Å². The summed E-state index contributed by atoms with van der Waals surface area (Å²) in [4.78, 5) is 15.8. The zero-order chi connectivity index (χ0) is 9.97. The molecular formula is C9H12N4S. The van der Waals surface area contributed by atoms with Gasteiger partial charge in [-0.25, -0.2) is 15.0 Å². The summed E-state index contributed by atoms with van der Waals surface area (Å²) in [5.41, 5.74) is 1.71. The molecule has 2 aromatic heterocycles. The van der Waals surface area contributed by atoms with Crippen LogP contribution in [0.1, 0.15) is 19.2 Å². The van der Waals surface area contributed by atoms with E-state index in [0.29, 0.717) is 0 Å². The zero-order valence-corrected chi connectivity index (χ0v) is 9.06. The van der Waals surface area contributed by atoms with E-state index in [-0.39, 0.29) is 0 Å². The molecule has 5 heteroatoms. The van der Waals surface area contributed by atoms with E-state index in [1.54, 1.807) is 18.1 Å². The highest BCUT2D eigenvalue weighted by Crippen LogP contribution is 2.22. The van der Waals surface area contributed by atoms with Gasteiger partial charge in [0.2, 0.25) is 0 Å². The van der Waals surface area contributed by atoms with Gasteiger partial charge in [0, 0.05) is 0 Å². The van der Waals surface area contributed by atoms with Crippen molar-refractivity contribution in [1.29, 1.82) is 0 Å². The summed E-state index contributed by atoms with van der Waals surface area (Å²) in [6.45, 7) is 4.05. The molecule has 2 rings (SSSR count). The Balaban J connectivity index is 2.44. The highest BCUT2D eigenvalue weighted by molar-refractivity contribution is 7.99. The van der Waals surface area contributed by atoms with Gasteiger partial charge >= 0.3 is 0 Å². The van der Waals surface area contributed by atoms with E-state index in [2.05, 4.69) is 26.9 Å². The average Bonchev–Trinajstić information content (AvgIpc) is 2.61. The molecule has 0 unspecified atom stereocenters. The predicted molar refractivity (Wildman–Crippen MR) is 57.4 cm³/mol. The molecule has 0 aliphatic rings. The third kappa shape index (κ3) is 1.72. The zero-order valence-electron chi connectivity index (χ0n) is 8.24. The number of nitrogens with zero attached hydrogens (tertiary/aromatic N) is 3. The molecule has 0 aromatic carbocycles. The molecule has 0 aliphatic heterocycles. The topological polar surface area (TPSA) is 54.5 Å². The van der Waals surface area contributed by atoms with E-state index in [4.69, 9.17) is 0 Å². The number of thioether (sulfide) groups is 1.